The highest BCUT2D eigenvalue weighted by atomic mass is 16.2. The molecule has 1 N–H and O–H groups in total. The van der Waals surface area contributed by atoms with E-state index in [0.29, 0.717) is 29.1 Å². The summed E-state index contributed by atoms with van der Waals surface area (Å²) in [5.74, 6) is 0.494. The Kier molecular flexibility index (Phi) is 5.75. The third-order valence-corrected chi connectivity index (χ3v) is 5.69. The summed E-state index contributed by atoms with van der Waals surface area (Å²) in [4.78, 5) is 35.3. The van der Waals surface area contributed by atoms with Gasteiger partial charge in [0.1, 0.15) is 17.9 Å². The molecule has 1 amide bonds. The lowest BCUT2D eigenvalue weighted by atomic mass is 10.1. The number of carbonyl (C=O) groups is 2. The summed E-state index contributed by atoms with van der Waals surface area (Å²) in [6, 6.07) is 7.11. The molecule has 2 aliphatic rings. The Labute approximate surface area is 176 Å². The quantitative estimate of drug-likeness (QED) is 0.763. The van der Waals surface area contributed by atoms with Crippen molar-refractivity contribution in [2.75, 3.05) is 18.4 Å². The molecule has 1 saturated carbocycles. The predicted molar refractivity (Wildman–Crippen MR) is 113 cm³/mol. The third kappa shape index (κ3) is 4.48. The number of benzene rings is 1. The molecular weight excluding hydrogens is 378 g/mol. The molecular formula is C23H25N5O2. The van der Waals surface area contributed by atoms with Gasteiger partial charge < -0.3 is 10.2 Å². The summed E-state index contributed by atoms with van der Waals surface area (Å²) < 4.78 is 0. The average molecular weight is 403 g/mol. The SMILES string of the molecule is C[C@H](Nc1cc(-c2cnc(CC(=O)C3CC3)cn2)ccc1C#N)C(=O)N1CCCC1. The van der Waals surface area contributed by atoms with Crippen LogP contribution in [0.15, 0.2) is 30.6 Å². The van der Waals surface area contributed by atoms with Crippen LogP contribution in [-0.2, 0) is 16.0 Å². The number of Topliss-reactive ketones (excluding diaryl/α,β-unsaturated/α-hetero) is 1. The van der Waals surface area contributed by atoms with Gasteiger partial charge in [-0.3, -0.25) is 19.6 Å². The standard InChI is InChI=1S/C23H25N5O2/c1-15(23(30)28-8-2-3-9-28)27-20-10-17(6-7-18(20)12-24)21-14-25-19(13-26-21)11-22(29)16-4-5-16/h6-7,10,13-16,27H,2-5,8-9,11H2,1H3/t15-/m0/s1. The van der Waals surface area contributed by atoms with Gasteiger partial charge in [0, 0.05) is 30.8 Å². The van der Waals surface area contributed by atoms with Gasteiger partial charge in [-0.15, -0.1) is 0 Å². The van der Waals surface area contributed by atoms with Crippen LogP contribution in [0.5, 0.6) is 0 Å². The fraction of sp³-hybridized carbons (Fsp3) is 0.435. The summed E-state index contributed by atoms with van der Waals surface area (Å²) >= 11 is 0. The van der Waals surface area contributed by atoms with E-state index in [2.05, 4.69) is 21.4 Å². The van der Waals surface area contributed by atoms with Crippen LogP contribution in [0.3, 0.4) is 0 Å². The average Bonchev–Trinajstić information content (AvgIpc) is 3.48. The number of nitriles is 1. The van der Waals surface area contributed by atoms with Crippen molar-refractivity contribution in [1.82, 2.24) is 14.9 Å². The Balaban J connectivity index is 1.49. The molecule has 2 aromatic rings. The van der Waals surface area contributed by atoms with Gasteiger partial charge in [-0.2, -0.15) is 5.26 Å². The Morgan fingerprint density at radius 1 is 1.23 bits per heavy atom. The zero-order chi connectivity index (χ0) is 21.1. The minimum absolute atomic E-state index is 0.0475. The van der Waals surface area contributed by atoms with Crippen molar-refractivity contribution in [2.24, 2.45) is 5.92 Å². The van der Waals surface area contributed by atoms with E-state index in [-0.39, 0.29) is 17.6 Å². The molecule has 2 fully saturated rings. The normalized spacial score (nSPS) is 16.7. The number of amides is 1. The van der Waals surface area contributed by atoms with Crippen LogP contribution in [0.1, 0.15) is 43.9 Å². The van der Waals surface area contributed by atoms with Gasteiger partial charge in [-0.1, -0.05) is 6.07 Å². The van der Waals surface area contributed by atoms with Crippen LogP contribution >= 0.6 is 0 Å². The summed E-state index contributed by atoms with van der Waals surface area (Å²) in [7, 11) is 0. The highest BCUT2D eigenvalue weighted by molar-refractivity contribution is 5.86. The van der Waals surface area contributed by atoms with Gasteiger partial charge in [-0.05, 0) is 44.7 Å². The second kappa shape index (κ2) is 8.62. The number of nitrogens with zero attached hydrogens (tertiary/aromatic N) is 4. The Hall–Kier alpha value is -3.27. The first-order valence-corrected chi connectivity index (χ1v) is 10.5. The summed E-state index contributed by atoms with van der Waals surface area (Å²) in [5.41, 5.74) is 3.20. The van der Waals surface area contributed by atoms with Gasteiger partial charge in [0.15, 0.2) is 0 Å². The highest BCUT2D eigenvalue weighted by Gasteiger charge is 2.29. The molecule has 1 atom stereocenters. The number of hydrogen-bond donors (Lipinski definition) is 1. The van der Waals surface area contributed by atoms with E-state index in [1.165, 1.54) is 0 Å². The van der Waals surface area contributed by atoms with Gasteiger partial charge in [0.05, 0.1) is 35.3 Å². The Morgan fingerprint density at radius 2 is 2.00 bits per heavy atom. The summed E-state index contributed by atoms with van der Waals surface area (Å²) in [6.45, 7) is 3.41. The van der Waals surface area contributed by atoms with Crippen LogP contribution in [0, 0.1) is 17.2 Å². The number of carbonyl (C=O) groups excluding carboxylic acids is 2. The van der Waals surface area contributed by atoms with E-state index >= 15 is 0 Å². The van der Waals surface area contributed by atoms with E-state index < -0.39 is 6.04 Å². The Morgan fingerprint density at radius 3 is 2.63 bits per heavy atom. The maximum Gasteiger partial charge on any atom is 0.244 e. The second-order valence-corrected chi connectivity index (χ2v) is 8.08. The van der Waals surface area contributed by atoms with E-state index in [1.54, 1.807) is 18.5 Å². The lowest BCUT2D eigenvalue weighted by Gasteiger charge is -2.22. The molecule has 4 rings (SSSR count). The van der Waals surface area contributed by atoms with Crippen molar-refractivity contribution < 1.29 is 9.59 Å². The van der Waals surface area contributed by atoms with Crippen molar-refractivity contribution >= 4 is 17.4 Å². The monoisotopic (exact) mass is 403 g/mol. The smallest absolute Gasteiger partial charge is 0.244 e. The summed E-state index contributed by atoms with van der Waals surface area (Å²) in [5, 5.41) is 12.7. The maximum absolute atomic E-state index is 12.6. The topological polar surface area (TPSA) is 99.0 Å². The predicted octanol–water partition coefficient (Wildman–Crippen LogP) is 2.96. The first-order chi connectivity index (χ1) is 14.5. The van der Waals surface area contributed by atoms with Crippen LogP contribution in [0.4, 0.5) is 5.69 Å². The zero-order valence-electron chi connectivity index (χ0n) is 17.1. The van der Waals surface area contributed by atoms with E-state index in [4.69, 9.17) is 0 Å². The maximum atomic E-state index is 12.6. The largest absolute Gasteiger partial charge is 0.373 e. The van der Waals surface area contributed by atoms with Crippen molar-refractivity contribution in [3.63, 3.8) is 0 Å². The number of anilines is 1. The van der Waals surface area contributed by atoms with Gasteiger partial charge in [0.25, 0.3) is 0 Å². The fourth-order valence-corrected chi connectivity index (χ4v) is 3.75. The molecule has 30 heavy (non-hydrogen) atoms. The molecule has 7 heteroatoms. The van der Waals surface area contributed by atoms with Crippen LogP contribution < -0.4 is 5.32 Å². The second-order valence-electron chi connectivity index (χ2n) is 8.08. The number of ketones is 1. The highest BCUT2D eigenvalue weighted by Crippen LogP contribution is 2.31. The van der Waals surface area contributed by atoms with Gasteiger partial charge in [-0.25, -0.2) is 0 Å². The minimum Gasteiger partial charge on any atom is -0.373 e. The number of likely N-dealkylation sites (tertiary alicyclic amines) is 1. The molecule has 7 nitrogen and oxygen atoms in total. The van der Waals surface area contributed by atoms with Gasteiger partial charge in [0.2, 0.25) is 5.91 Å². The first kappa shape index (κ1) is 20.0. The molecule has 1 aromatic heterocycles. The lowest BCUT2D eigenvalue weighted by Crippen LogP contribution is -2.39. The van der Waals surface area contributed by atoms with Crippen molar-refractivity contribution in [2.45, 2.75) is 45.1 Å². The van der Waals surface area contributed by atoms with Crippen LogP contribution in [0.25, 0.3) is 11.3 Å². The summed E-state index contributed by atoms with van der Waals surface area (Å²) in [6.07, 6.45) is 7.68. The van der Waals surface area contributed by atoms with Crippen molar-refractivity contribution in [1.29, 1.82) is 5.26 Å². The number of rotatable bonds is 7. The molecule has 0 bridgehead atoms. The molecule has 0 spiro atoms. The molecule has 0 unspecified atom stereocenters. The van der Waals surface area contributed by atoms with Crippen molar-refractivity contribution in [3.05, 3.63) is 41.9 Å². The van der Waals surface area contributed by atoms with Gasteiger partial charge >= 0.3 is 0 Å². The molecule has 1 saturated heterocycles. The van der Waals surface area contributed by atoms with E-state index in [9.17, 15) is 14.9 Å². The number of aromatic nitrogens is 2. The molecule has 0 radical (unpaired) electrons. The Bertz CT molecular complexity index is 986. The minimum atomic E-state index is -0.424. The van der Waals surface area contributed by atoms with Crippen molar-refractivity contribution in [3.8, 4) is 17.3 Å². The molecule has 1 aromatic carbocycles. The van der Waals surface area contributed by atoms with Crippen LogP contribution in [0.2, 0.25) is 0 Å². The molecule has 1 aliphatic carbocycles. The van der Waals surface area contributed by atoms with E-state index in [1.807, 2.05) is 24.0 Å². The molecule has 154 valence electrons. The third-order valence-electron chi connectivity index (χ3n) is 5.69. The van der Waals surface area contributed by atoms with Crippen LogP contribution in [-0.4, -0.2) is 45.7 Å². The molecule has 1 aliphatic heterocycles. The molecule has 2 heterocycles. The van der Waals surface area contributed by atoms with E-state index in [0.717, 1.165) is 44.3 Å². The lowest BCUT2D eigenvalue weighted by molar-refractivity contribution is -0.130. The zero-order valence-corrected chi connectivity index (χ0v) is 17.1. The number of hydrogen-bond acceptors (Lipinski definition) is 6. The number of nitrogens with one attached hydrogen (secondary N) is 1. The first-order valence-electron chi connectivity index (χ1n) is 10.5. The fourth-order valence-electron chi connectivity index (χ4n) is 3.75.